The quantitative estimate of drug-likeness (QED) is 0.640. The van der Waals surface area contributed by atoms with E-state index in [1.807, 2.05) is 25.1 Å². The largest absolute Gasteiger partial charge is 0.492 e. The first kappa shape index (κ1) is 21.6. The Morgan fingerprint density at radius 2 is 2.00 bits per heavy atom. The standard InChI is InChI=1S/C20H25N3O4S2/c1-2-27-17-10-9-16(22-19(24)15-28-20-8-4-5-11-21-20)14-18(17)29(25,26)23-12-6-3-7-13-23/h4-5,8-11,14H,2-3,6-7,12-13,15H2,1H3,(H,22,24). The van der Waals surface area contributed by atoms with E-state index in [1.165, 1.54) is 22.1 Å². The number of piperidine rings is 1. The minimum absolute atomic E-state index is 0.0939. The van der Waals surface area contributed by atoms with Gasteiger partial charge in [0, 0.05) is 25.0 Å². The molecule has 3 rings (SSSR count). The average molecular weight is 436 g/mol. The lowest BCUT2D eigenvalue weighted by atomic mass is 10.2. The van der Waals surface area contributed by atoms with Gasteiger partial charge in [0.15, 0.2) is 0 Å². The van der Waals surface area contributed by atoms with E-state index in [4.69, 9.17) is 4.74 Å². The number of rotatable bonds is 8. The van der Waals surface area contributed by atoms with Crippen LogP contribution < -0.4 is 10.1 Å². The summed E-state index contributed by atoms with van der Waals surface area (Å²) < 4.78 is 33.4. The Hall–Kier alpha value is -2.10. The number of carbonyl (C=O) groups is 1. The number of hydrogen-bond donors (Lipinski definition) is 1. The Morgan fingerprint density at radius 3 is 2.69 bits per heavy atom. The van der Waals surface area contributed by atoms with Gasteiger partial charge < -0.3 is 10.1 Å². The van der Waals surface area contributed by atoms with Crippen molar-refractivity contribution < 1.29 is 17.9 Å². The van der Waals surface area contributed by atoms with Crippen molar-refractivity contribution in [2.24, 2.45) is 0 Å². The number of thioether (sulfide) groups is 1. The van der Waals surface area contributed by atoms with E-state index < -0.39 is 10.0 Å². The van der Waals surface area contributed by atoms with Crippen molar-refractivity contribution in [2.45, 2.75) is 36.1 Å². The lowest BCUT2D eigenvalue weighted by molar-refractivity contribution is -0.113. The molecule has 1 saturated heterocycles. The molecule has 9 heteroatoms. The van der Waals surface area contributed by atoms with Crippen LogP contribution in [0.1, 0.15) is 26.2 Å². The zero-order valence-corrected chi connectivity index (χ0v) is 18.0. The van der Waals surface area contributed by atoms with Gasteiger partial charge in [-0.3, -0.25) is 4.79 Å². The molecule has 156 valence electrons. The molecule has 0 spiro atoms. The van der Waals surface area contributed by atoms with E-state index in [9.17, 15) is 13.2 Å². The average Bonchev–Trinajstić information content (AvgIpc) is 2.75. The number of sulfonamides is 1. The highest BCUT2D eigenvalue weighted by Crippen LogP contribution is 2.31. The number of amides is 1. The molecular weight excluding hydrogens is 410 g/mol. The van der Waals surface area contributed by atoms with Crippen LogP contribution in [0, 0.1) is 0 Å². The van der Waals surface area contributed by atoms with Crippen LogP contribution in [0.15, 0.2) is 52.5 Å². The van der Waals surface area contributed by atoms with Gasteiger partial charge in [-0.2, -0.15) is 4.31 Å². The van der Waals surface area contributed by atoms with Gasteiger partial charge >= 0.3 is 0 Å². The Bertz CT molecular complexity index is 930. The lowest BCUT2D eigenvalue weighted by Crippen LogP contribution is -2.35. The second-order valence-electron chi connectivity index (χ2n) is 6.56. The predicted molar refractivity (Wildman–Crippen MR) is 114 cm³/mol. The lowest BCUT2D eigenvalue weighted by Gasteiger charge is -2.27. The predicted octanol–water partition coefficient (Wildman–Crippen LogP) is 3.39. The van der Waals surface area contributed by atoms with Gasteiger partial charge in [-0.15, -0.1) is 0 Å². The molecule has 2 heterocycles. The molecule has 1 fully saturated rings. The minimum atomic E-state index is -3.69. The zero-order valence-electron chi connectivity index (χ0n) is 16.3. The van der Waals surface area contributed by atoms with Gasteiger partial charge in [-0.05, 0) is 50.1 Å². The first-order valence-electron chi connectivity index (χ1n) is 9.61. The fourth-order valence-electron chi connectivity index (χ4n) is 3.08. The highest BCUT2D eigenvalue weighted by molar-refractivity contribution is 7.99. The normalized spacial score (nSPS) is 15.1. The Labute approximate surface area is 175 Å². The van der Waals surface area contributed by atoms with Crippen LogP contribution in [0.3, 0.4) is 0 Å². The number of ether oxygens (including phenoxy) is 1. The SMILES string of the molecule is CCOc1ccc(NC(=O)CSc2ccccn2)cc1S(=O)(=O)N1CCCCC1. The molecule has 1 aliphatic rings. The first-order chi connectivity index (χ1) is 14.0. The van der Waals surface area contributed by atoms with Crippen molar-refractivity contribution in [3.05, 3.63) is 42.6 Å². The van der Waals surface area contributed by atoms with Gasteiger partial charge in [-0.1, -0.05) is 24.2 Å². The number of hydrogen-bond acceptors (Lipinski definition) is 6. The summed E-state index contributed by atoms with van der Waals surface area (Å²) in [5.41, 5.74) is 0.427. The van der Waals surface area contributed by atoms with Crippen LogP contribution in [0.5, 0.6) is 5.75 Å². The van der Waals surface area contributed by atoms with Crippen molar-refractivity contribution in [3.63, 3.8) is 0 Å². The molecule has 0 saturated carbocycles. The smallest absolute Gasteiger partial charge is 0.246 e. The van der Waals surface area contributed by atoms with E-state index in [2.05, 4.69) is 10.3 Å². The van der Waals surface area contributed by atoms with Crippen molar-refractivity contribution in [1.82, 2.24) is 9.29 Å². The van der Waals surface area contributed by atoms with Crippen LogP contribution in [-0.2, 0) is 14.8 Å². The summed E-state index contributed by atoms with van der Waals surface area (Å²) in [5, 5.41) is 3.52. The fourth-order valence-corrected chi connectivity index (χ4v) is 5.41. The number of nitrogens with zero attached hydrogens (tertiary/aromatic N) is 2. The molecule has 7 nitrogen and oxygen atoms in total. The van der Waals surface area contributed by atoms with Crippen LogP contribution >= 0.6 is 11.8 Å². The molecule has 0 atom stereocenters. The maximum atomic E-state index is 13.2. The minimum Gasteiger partial charge on any atom is -0.492 e. The van der Waals surface area contributed by atoms with Crippen molar-refractivity contribution in [2.75, 3.05) is 30.8 Å². The van der Waals surface area contributed by atoms with Crippen LogP contribution in [0.25, 0.3) is 0 Å². The third-order valence-electron chi connectivity index (χ3n) is 4.45. The van der Waals surface area contributed by atoms with Crippen LogP contribution in [-0.4, -0.2) is 49.1 Å². The van der Waals surface area contributed by atoms with Crippen LogP contribution in [0.2, 0.25) is 0 Å². The summed E-state index contributed by atoms with van der Waals surface area (Å²) in [6.45, 7) is 3.17. The number of benzene rings is 1. The molecule has 0 aliphatic carbocycles. The van der Waals surface area contributed by atoms with Crippen molar-refractivity contribution in [1.29, 1.82) is 0 Å². The van der Waals surface area contributed by atoms with E-state index in [1.54, 1.807) is 18.3 Å². The van der Waals surface area contributed by atoms with E-state index in [-0.39, 0.29) is 16.6 Å². The summed E-state index contributed by atoms with van der Waals surface area (Å²) in [4.78, 5) is 16.6. The highest BCUT2D eigenvalue weighted by Gasteiger charge is 2.29. The summed E-state index contributed by atoms with van der Waals surface area (Å²) in [5.74, 6) is 0.253. The molecule has 1 amide bonds. The number of carbonyl (C=O) groups excluding carboxylic acids is 1. The second-order valence-corrected chi connectivity index (χ2v) is 9.47. The third kappa shape index (κ3) is 5.71. The second kappa shape index (κ2) is 10.1. The van der Waals surface area contributed by atoms with E-state index in [0.29, 0.717) is 31.1 Å². The maximum absolute atomic E-state index is 13.2. The van der Waals surface area contributed by atoms with Crippen molar-refractivity contribution >= 4 is 33.4 Å². The van der Waals surface area contributed by atoms with E-state index in [0.717, 1.165) is 24.3 Å². The molecular formula is C20H25N3O4S2. The Balaban J connectivity index is 1.76. The molecule has 1 aromatic carbocycles. The molecule has 0 unspecified atom stereocenters. The Morgan fingerprint density at radius 1 is 1.21 bits per heavy atom. The van der Waals surface area contributed by atoms with Crippen molar-refractivity contribution in [3.8, 4) is 5.75 Å². The molecule has 1 N–H and O–H groups in total. The molecule has 0 bridgehead atoms. The first-order valence-corrected chi connectivity index (χ1v) is 12.0. The summed E-state index contributed by atoms with van der Waals surface area (Å²) >= 11 is 1.32. The maximum Gasteiger partial charge on any atom is 0.246 e. The van der Waals surface area contributed by atoms with Gasteiger partial charge in [0.25, 0.3) is 0 Å². The molecule has 0 radical (unpaired) electrons. The third-order valence-corrected chi connectivity index (χ3v) is 7.31. The molecule has 1 aliphatic heterocycles. The number of pyridine rings is 1. The topological polar surface area (TPSA) is 88.6 Å². The fraction of sp³-hybridized carbons (Fsp3) is 0.400. The molecule has 2 aromatic rings. The van der Waals surface area contributed by atoms with E-state index >= 15 is 0 Å². The highest BCUT2D eigenvalue weighted by atomic mass is 32.2. The molecule has 1 aromatic heterocycles. The number of aromatic nitrogens is 1. The summed E-state index contributed by atoms with van der Waals surface area (Å²) in [7, 11) is -3.69. The van der Waals surface area contributed by atoms with Gasteiger partial charge in [-0.25, -0.2) is 13.4 Å². The summed E-state index contributed by atoms with van der Waals surface area (Å²) in [6.07, 6.45) is 4.41. The van der Waals surface area contributed by atoms with Gasteiger partial charge in [0.1, 0.15) is 10.6 Å². The molecule has 29 heavy (non-hydrogen) atoms. The van der Waals surface area contributed by atoms with Gasteiger partial charge in [0.05, 0.1) is 17.4 Å². The summed E-state index contributed by atoms with van der Waals surface area (Å²) in [6, 6.07) is 10.2. The number of anilines is 1. The van der Waals surface area contributed by atoms with Crippen LogP contribution in [0.4, 0.5) is 5.69 Å². The zero-order chi connectivity index (χ0) is 20.7. The monoisotopic (exact) mass is 435 g/mol. The van der Waals surface area contributed by atoms with Gasteiger partial charge in [0.2, 0.25) is 15.9 Å². The Kier molecular flexibility index (Phi) is 7.51. The number of nitrogens with one attached hydrogen (secondary N) is 1.